The first kappa shape index (κ1) is 21.3. The normalized spacial score (nSPS) is 22.0. The number of aliphatic hydroxyl groups excluding tert-OH is 1. The van der Waals surface area contributed by atoms with Gasteiger partial charge in [-0.2, -0.15) is 0 Å². The second-order valence-corrected chi connectivity index (χ2v) is 9.13. The molecule has 0 spiro atoms. The van der Waals surface area contributed by atoms with Crippen molar-refractivity contribution < 1.29 is 15.0 Å². The minimum absolute atomic E-state index is 0.0900. The van der Waals surface area contributed by atoms with Gasteiger partial charge in [-0.05, 0) is 62.6 Å². The number of hydrogen-bond donors (Lipinski definition) is 3. The summed E-state index contributed by atoms with van der Waals surface area (Å²) in [7, 11) is 0. The van der Waals surface area contributed by atoms with Crippen LogP contribution >= 0.6 is 0 Å². The highest BCUT2D eigenvalue weighted by Gasteiger charge is 2.37. The van der Waals surface area contributed by atoms with Crippen LogP contribution < -0.4 is 5.32 Å². The van der Waals surface area contributed by atoms with E-state index in [-0.39, 0.29) is 18.5 Å². The molecule has 1 unspecified atom stereocenters. The molecule has 2 aliphatic rings. The van der Waals surface area contributed by atoms with E-state index >= 15 is 0 Å². The number of benzene rings is 1. The summed E-state index contributed by atoms with van der Waals surface area (Å²) in [5.41, 5.74) is 2.55. The molecule has 1 aliphatic carbocycles. The topological polar surface area (TPSA) is 72.8 Å². The van der Waals surface area contributed by atoms with E-state index in [1.165, 1.54) is 30.4 Å². The van der Waals surface area contributed by atoms with Crippen molar-refractivity contribution >= 4 is 5.91 Å². The number of rotatable bonds is 6. The predicted octanol–water partition coefficient (Wildman–Crippen LogP) is 2.89. The lowest BCUT2D eigenvalue weighted by Crippen LogP contribution is -2.47. The Balaban J connectivity index is 1.90. The van der Waals surface area contributed by atoms with Gasteiger partial charge >= 0.3 is 0 Å². The summed E-state index contributed by atoms with van der Waals surface area (Å²) in [5.74, 6) is 0.584. The van der Waals surface area contributed by atoms with E-state index in [4.69, 9.17) is 0 Å². The third-order valence-electron chi connectivity index (χ3n) is 6.26. The fraction of sp³-hybridized carbons (Fsp3) is 0.696. The van der Waals surface area contributed by atoms with Crippen molar-refractivity contribution in [2.24, 2.45) is 5.92 Å². The van der Waals surface area contributed by atoms with Gasteiger partial charge in [-0.1, -0.05) is 37.5 Å². The highest BCUT2D eigenvalue weighted by atomic mass is 16.3. The molecule has 1 aromatic carbocycles. The maximum Gasteiger partial charge on any atom is 0.237 e. The molecule has 1 saturated carbocycles. The molecule has 1 aromatic rings. The number of hydrogen-bond acceptors (Lipinski definition) is 4. The van der Waals surface area contributed by atoms with Crippen molar-refractivity contribution in [1.82, 2.24) is 10.2 Å². The van der Waals surface area contributed by atoms with Crippen LogP contribution in [-0.2, 0) is 16.8 Å². The Morgan fingerprint density at radius 3 is 2.64 bits per heavy atom. The average molecular weight is 389 g/mol. The van der Waals surface area contributed by atoms with Crippen LogP contribution in [0.5, 0.6) is 0 Å². The van der Waals surface area contributed by atoms with Gasteiger partial charge in [0.25, 0.3) is 0 Å². The van der Waals surface area contributed by atoms with E-state index in [9.17, 15) is 15.0 Å². The number of nitrogens with zero attached hydrogens (tertiary/aromatic N) is 1. The standard InChI is InChI=1S/C23H36N2O3/c1-16(26)14-24-15-21(27)25-12-11-17-9-10-19(23(2,3)28)13-20(17)22(25)18-7-5-4-6-8-18/h9-10,13,16,18,22,24,26,28H,4-8,11-12,14-15H2,1-3H3/t16-,22?/m1/s1. The van der Waals surface area contributed by atoms with Crippen molar-refractivity contribution in [3.8, 4) is 0 Å². The quantitative estimate of drug-likeness (QED) is 0.701. The highest BCUT2D eigenvalue weighted by Crippen LogP contribution is 2.43. The van der Waals surface area contributed by atoms with E-state index in [0.29, 0.717) is 12.5 Å². The first-order valence-electron chi connectivity index (χ1n) is 10.8. The first-order chi connectivity index (χ1) is 13.3. The summed E-state index contributed by atoms with van der Waals surface area (Å²) in [6.07, 6.45) is 6.44. The molecule has 0 bridgehead atoms. The van der Waals surface area contributed by atoms with E-state index in [0.717, 1.165) is 31.4 Å². The van der Waals surface area contributed by atoms with Gasteiger partial charge in [0.05, 0.1) is 24.3 Å². The van der Waals surface area contributed by atoms with Crippen molar-refractivity contribution in [2.45, 2.75) is 77.0 Å². The molecule has 1 fully saturated rings. The van der Waals surface area contributed by atoms with Gasteiger partial charge in [0, 0.05) is 13.1 Å². The SMILES string of the molecule is C[C@@H](O)CNCC(=O)N1CCc2ccc(C(C)(C)O)cc2C1C1CCCCC1. The zero-order valence-corrected chi connectivity index (χ0v) is 17.6. The molecule has 28 heavy (non-hydrogen) atoms. The van der Waals surface area contributed by atoms with Crippen LogP contribution in [0.1, 0.15) is 75.6 Å². The minimum atomic E-state index is -0.892. The van der Waals surface area contributed by atoms with Crippen LogP contribution in [0, 0.1) is 5.92 Å². The van der Waals surface area contributed by atoms with Crippen LogP contribution in [0.15, 0.2) is 18.2 Å². The Morgan fingerprint density at radius 2 is 2.00 bits per heavy atom. The van der Waals surface area contributed by atoms with Gasteiger partial charge in [-0.3, -0.25) is 4.79 Å². The van der Waals surface area contributed by atoms with Gasteiger partial charge < -0.3 is 20.4 Å². The molecule has 1 aliphatic heterocycles. The lowest BCUT2D eigenvalue weighted by atomic mass is 9.76. The third kappa shape index (κ3) is 4.94. The van der Waals surface area contributed by atoms with Gasteiger partial charge in [0.1, 0.15) is 0 Å². The molecule has 3 rings (SSSR count). The Labute approximate surface area is 169 Å². The van der Waals surface area contributed by atoms with E-state index in [1.807, 2.05) is 19.9 Å². The van der Waals surface area contributed by atoms with Gasteiger partial charge in [-0.15, -0.1) is 0 Å². The van der Waals surface area contributed by atoms with Crippen LogP contribution in [0.4, 0.5) is 0 Å². The van der Waals surface area contributed by atoms with Crippen LogP contribution in [0.3, 0.4) is 0 Å². The van der Waals surface area contributed by atoms with Crippen LogP contribution in [0.2, 0.25) is 0 Å². The molecule has 5 nitrogen and oxygen atoms in total. The van der Waals surface area contributed by atoms with Crippen molar-refractivity contribution in [2.75, 3.05) is 19.6 Å². The Morgan fingerprint density at radius 1 is 1.29 bits per heavy atom. The number of aliphatic hydroxyl groups is 2. The first-order valence-corrected chi connectivity index (χ1v) is 10.8. The molecular formula is C23H36N2O3. The maximum atomic E-state index is 13.1. The predicted molar refractivity (Wildman–Crippen MR) is 111 cm³/mol. The molecule has 156 valence electrons. The Kier molecular flexibility index (Phi) is 6.79. The zero-order valence-electron chi connectivity index (χ0n) is 17.6. The molecule has 2 atom stereocenters. The molecule has 0 aromatic heterocycles. The maximum absolute atomic E-state index is 13.1. The van der Waals surface area contributed by atoms with Crippen molar-refractivity contribution in [3.05, 3.63) is 34.9 Å². The lowest BCUT2D eigenvalue weighted by Gasteiger charge is -2.43. The van der Waals surface area contributed by atoms with Crippen LogP contribution in [0.25, 0.3) is 0 Å². The number of nitrogens with one attached hydrogen (secondary N) is 1. The number of carbonyl (C=O) groups excluding carboxylic acids is 1. The lowest BCUT2D eigenvalue weighted by molar-refractivity contribution is -0.134. The summed E-state index contributed by atoms with van der Waals surface area (Å²) >= 11 is 0. The molecular weight excluding hydrogens is 352 g/mol. The van der Waals surface area contributed by atoms with Gasteiger partial charge in [0.15, 0.2) is 0 Å². The molecule has 1 amide bonds. The monoisotopic (exact) mass is 388 g/mol. The number of amides is 1. The van der Waals surface area contributed by atoms with Gasteiger partial charge in [-0.25, -0.2) is 0 Å². The summed E-state index contributed by atoms with van der Waals surface area (Å²) in [6, 6.07) is 6.40. The molecule has 5 heteroatoms. The second-order valence-electron chi connectivity index (χ2n) is 9.13. The van der Waals surface area contributed by atoms with Gasteiger partial charge in [0.2, 0.25) is 5.91 Å². The molecule has 1 heterocycles. The molecule has 0 radical (unpaired) electrons. The Bertz CT molecular complexity index is 675. The second kappa shape index (κ2) is 8.93. The number of carbonyl (C=O) groups is 1. The van der Waals surface area contributed by atoms with Crippen molar-refractivity contribution in [3.63, 3.8) is 0 Å². The zero-order chi connectivity index (χ0) is 20.3. The van der Waals surface area contributed by atoms with E-state index in [1.54, 1.807) is 6.92 Å². The van der Waals surface area contributed by atoms with Crippen LogP contribution in [-0.4, -0.2) is 46.8 Å². The van der Waals surface area contributed by atoms with E-state index < -0.39 is 11.7 Å². The molecule has 3 N–H and O–H groups in total. The average Bonchev–Trinajstić information content (AvgIpc) is 2.66. The summed E-state index contributed by atoms with van der Waals surface area (Å²) in [4.78, 5) is 15.1. The minimum Gasteiger partial charge on any atom is -0.392 e. The summed E-state index contributed by atoms with van der Waals surface area (Å²) in [5, 5.41) is 23.1. The summed E-state index contributed by atoms with van der Waals surface area (Å²) in [6.45, 7) is 6.77. The molecule has 0 saturated heterocycles. The van der Waals surface area contributed by atoms with Crippen molar-refractivity contribution in [1.29, 1.82) is 0 Å². The highest BCUT2D eigenvalue weighted by molar-refractivity contribution is 5.79. The smallest absolute Gasteiger partial charge is 0.237 e. The Hall–Kier alpha value is -1.43. The summed E-state index contributed by atoms with van der Waals surface area (Å²) < 4.78 is 0. The number of fused-ring (bicyclic) bond motifs is 1. The largest absolute Gasteiger partial charge is 0.392 e. The van der Waals surface area contributed by atoms with E-state index in [2.05, 4.69) is 22.3 Å². The third-order valence-corrected chi connectivity index (χ3v) is 6.26. The fourth-order valence-electron chi connectivity index (χ4n) is 4.75. The fourth-order valence-corrected chi connectivity index (χ4v) is 4.75.